The van der Waals surface area contributed by atoms with E-state index in [2.05, 4.69) is 15.0 Å². The predicted octanol–water partition coefficient (Wildman–Crippen LogP) is 3.11. The molecule has 0 unspecified atom stereocenters. The van der Waals surface area contributed by atoms with Gasteiger partial charge in [0.15, 0.2) is 0 Å². The van der Waals surface area contributed by atoms with Crippen LogP contribution in [0.4, 0.5) is 4.39 Å². The zero-order chi connectivity index (χ0) is 19.5. The second kappa shape index (κ2) is 5.97. The number of aromatic amines is 1. The van der Waals surface area contributed by atoms with E-state index in [4.69, 9.17) is 5.73 Å². The first-order chi connectivity index (χ1) is 13.4. The van der Waals surface area contributed by atoms with Crippen molar-refractivity contribution < 1.29 is 14.3 Å². The van der Waals surface area contributed by atoms with Gasteiger partial charge in [0.25, 0.3) is 0 Å². The zero-order valence-corrected chi connectivity index (χ0v) is 15.1. The van der Waals surface area contributed by atoms with Gasteiger partial charge in [-0.1, -0.05) is 0 Å². The summed E-state index contributed by atoms with van der Waals surface area (Å²) in [5, 5.41) is 9.82. The molecule has 0 aromatic carbocycles. The first-order valence-corrected chi connectivity index (χ1v) is 9.31. The molecule has 1 saturated carbocycles. The number of aryl methyl sites for hydroxylation is 1. The van der Waals surface area contributed by atoms with E-state index in [1.54, 1.807) is 12.3 Å². The Balaban J connectivity index is 1.64. The molecule has 3 aromatic rings. The van der Waals surface area contributed by atoms with E-state index in [-0.39, 0.29) is 5.54 Å². The maximum absolute atomic E-state index is 13.5. The second-order valence-corrected chi connectivity index (χ2v) is 7.77. The third-order valence-corrected chi connectivity index (χ3v) is 5.74. The summed E-state index contributed by atoms with van der Waals surface area (Å²) in [7, 11) is 0. The molecule has 142 valence electrons. The Kier molecular flexibility index (Phi) is 3.64. The van der Waals surface area contributed by atoms with Gasteiger partial charge in [-0.2, -0.15) is 4.39 Å². The maximum Gasteiger partial charge on any atom is 0.337 e. The number of aromatic carboxylic acids is 1. The van der Waals surface area contributed by atoms with E-state index in [0.29, 0.717) is 41.8 Å². The van der Waals surface area contributed by atoms with Gasteiger partial charge in [0.1, 0.15) is 0 Å². The van der Waals surface area contributed by atoms with Gasteiger partial charge in [-0.3, -0.25) is 4.98 Å². The van der Waals surface area contributed by atoms with Crippen molar-refractivity contribution in [1.29, 1.82) is 0 Å². The highest BCUT2D eigenvalue weighted by atomic mass is 19.1. The van der Waals surface area contributed by atoms with Gasteiger partial charge < -0.3 is 15.8 Å². The summed E-state index contributed by atoms with van der Waals surface area (Å²) in [6, 6.07) is 4.94. The van der Waals surface area contributed by atoms with Crippen molar-refractivity contribution in [3.8, 4) is 22.5 Å². The summed E-state index contributed by atoms with van der Waals surface area (Å²) in [4.78, 5) is 23.4. The summed E-state index contributed by atoms with van der Waals surface area (Å²) in [6.07, 6.45) is 6.90. The van der Waals surface area contributed by atoms with Crippen LogP contribution >= 0.6 is 0 Å². The molecule has 28 heavy (non-hydrogen) atoms. The lowest BCUT2D eigenvalue weighted by molar-refractivity contribution is 0.0694. The molecule has 3 aromatic heterocycles. The molecule has 0 aliphatic heterocycles. The molecule has 0 atom stereocenters. The number of carbonyl (C=O) groups is 1. The number of pyridine rings is 2. The number of rotatable bonds is 4. The quantitative estimate of drug-likeness (QED) is 0.605. The molecular weight excluding hydrogens is 359 g/mol. The SMILES string of the molecule is NC1(Cc2[nH]c3c(c2C(=O)O)CCc2cnc(-c4ccnc(F)c4)cc2-3)CC1. The number of nitrogens with two attached hydrogens (primary N) is 1. The average Bonchev–Trinajstić information content (AvgIpc) is 3.27. The number of nitrogens with zero attached hydrogens (tertiary/aromatic N) is 2. The van der Waals surface area contributed by atoms with Crippen LogP contribution in [-0.2, 0) is 19.3 Å². The Morgan fingerprint density at radius 2 is 2.11 bits per heavy atom. The fourth-order valence-corrected chi connectivity index (χ4v) is 4.05. The van der Waals surface area contributed by atoms with Crippen molar-refractivity contribution in [3.63, 3.8) is 0 Å². The van der Waals surface area contributed by atoms with Crippen LogP contribution < -0.4 is 5.73 Å². The highest BCUT2D eigenvalue weighted by Gasteiger charge is 2.40. The van der Waals surface area contributed by atoms with Crippen LogP contribution in [-0.4, -0.2) is 31.6 Å². The highest BCUT2D eigenvalue weighted by Crippen LogP contribution is 2.41. The first kappa shape index (κ1) is 17.1. The van der Waals surface area contributed by atoms with Crippen molar-refractivity contribution in [2.75, 3.05) is 0 Å². The van der Waals surface area contributed by atoms with Gasteiger partial charge >= 0.3 is 5.97 Å². The number of carboxylic acid groups (broad SMARTS) is 1. The van der Waals surface area contributed by atoms with E-state index in [0.717, 1.165) is 35.2 Å². The predicted molar refractivity (Wildman–Crippen MR) is 101 cm³/mol. The fraction of sp³-hybridized carbons (Fsp3) is 0.286. The minimum Gasteiger partial charge on any atom is -0.478 e. The molecule has 0 amide bonds. The van der Waals surface area contributed by atoms with Gasteiger partial charge in [0.2, 0.25) is 5.95 Å². The van der Waals surface area contributed by atoms with Crippen LogP contribution in [0.5, 0.6) is 0 Å². The summed E-state index contributed by atoms with van der Waals surface area (Å²) in [6.45, 7) is 0. The van der Waals surface area contributed by atoms with Crippen LogP contribution in [0.15, 0.2) is 30.6 Å². The normalized spacial score (nSPS) is 16.4. The zero-order valence-electron chi connectivity index (χ0n) is 15.1. The number of fused-ring (bicyclic) bond motifs is 3. The lowest BCUT2D eigenvalue weighted by Crippen LogP contribution is -2.25. The molecule has 7 heteroatoms. The summed E-state index contributed by atoms with van der Waals surface area (Å²) in [5.41, 5.74) is 11.9. The number of aromatic nitrogens is 3. The second-order valence-electron chi connectivity index (χ2n) is 7.77. The third-order valence-electron chi connectivity index (χ3n) is 5.74. The van der Waals surface area contributed by atoms with Crippen molar-refractivity contribution in [2.45, 2.75) is 37.6 Å². The Bertz CT molecular complexity index is 1120. The first-order valence-electron chi connectivity index (χ1n) is 9.31. The standard InChI is InChI=1S/C21H19FN4O2/c22-17-7-11(3-6-24-17)15-8-14-12(10-25-15)1-2-13-18(20(27)28)16(26-19(13)14)9-21(23)4-5-21/h3,6-8,10,26H,1-2,4-5,9,23H2,(H,27,28). The molecule has 4 N–H and O–H groups in total. The maximum atomic E-state index is 13.5. The molecule has 0 bridgehead atoms. The number of H-pyrrole nitrogens is 1. The van der Waals surface area contributed by atoms with Crippen molar-refractivity contribution >= 4 is 5.97 Å². The van der Waals surface area contributed by atoms with Gasteiger partial charge in [-0.15, -0.1) is 0 Å². The molecule has 6 nitrogen and oxygen atoms in total. The van der Waals surface area contributed by atoms with Crippen molar-refractivity contribution in [1.82, 2.24) is 15.0 Å². The summed E-state index contributed by atoms with van der Waals surface area (Å²) < 4.78 is 13.5. The van der Waals surface area contributed by atoms with Gasteiger partial charge in [-0.05, 0) is 48.9 Å². The largest absolute Gasteiger partial charge is 0.478 e. The molecule has 0 saturated heterocycles. The lowest BCUT2D eigenvalue weighted by atomic mass is 9.88. The number of hydrogen-bond acceptors (Lipinski definition) is 4. The van der Waals surface area contributed by atoms with Crippen LogP contribution in [0, 0.1) is 5.95 Å². The Labute approximate surface area is 160 Å². The average molecular weight is 378 g/mol. The molecule has 3 heterocycles. The number of halogens is 1. The van der Waals surface area contributed by atoms with Crippen molar-refractivity contribution in [2.24, 2.45) is 5.73 Å². The molecule has 0 radical (unpaired) electrons. The summed E-state index contributed by atoms with van der Waals surface area (Å²) in [5.74, 6) is -1.49. The van der Waals surface area contributed by atoms with Crippen LogP contribution in [0.25, 0.3) is 22.5 Å². The van der Waals surface area contributed by atoms with Gasteiger partial charge in [0.05, 0.1) is 17.0 Å². The minimum atomic E-state index is -0.925. The van der Waals surface area contributed by atoms with Crippen LogP contribution in [0.3, 0.4) is 0 Å². The third kappa shape index (κ3) is 2.79. The molecular formula is C21H19FN4O2. The van der Waals surface area contributed by atoms with Gasteiger partial charge in [0, 0.05) is 47.2 Å². The van der Waals surface area contributed by atoms with Gasteiger partial charge in [-0.25, -0.2) is 9.78 Å². The Hall–Kier alpha value is -3.06. The van der Waals surface area contributed by atoms with E-state index in [1.807, 2.05) is 6.07 Å². The molecule has 2 aliphatic carbocycles. The Morgan fingerprint density at radius 1 is 1.29 bits per heavy atom. The Morgan fingerprint density at radius 3 is 2.82 bits per heavy atom. The number of hydrogen-bond donors (Lipinski definition) is 3. The lowest BCUT2D eigenvalue weighted by Gasteiger charge is -2.17. The van der Waals surface area contributed by atoms with E-state index >= 15 is 0 Å². The van der Waals surface area contributed by atoms with E-state index < -0.39 is 11.9 Å². The fourth-order valence-electron chi connectivity index (χ4n) is 4.05. The molecule has 0 spiro atoms. The topological polar surface area (TPSA) is 105 Å². The van der Waals surface area contributed by atoms with Crippen LogP contribution in [0.1, 0.15) is 40.0 Å². The smallest absolute Gasteiger partial charge is 0.337 e. The monoisotopic (exact) mass is 378 g/mol. The van der Waals surface area contributed by atoms with E-state index in [1.165, 1.54) is 12.3 Å². The summed E-state index contributed by atoms with van der Waals surface area (Å²) >= 11 is 0. The highest BCUT2D eigenvalue weighted by molar-refractivity contribution is 5.95. The molecule has 5 rings (SSSR count). The van der Waals surface area contributed by atoms with Crippen LogP contribution in [0.2, 0.25) is 0 Å². The molecule has 2 aliphatic rings. The van der Waals surface area contributed by atoms with Crippen molar-refractivity contribution in [3.05, 3.63) is 58.9 Å². The number of carboxylic acids is 1. The number of nitrogens with one attached hydrogen (secondary N) is 1. The molecule has 1 fully saturated rings. The minimum absolute atomic E-state index is 0.293. The van der Waals surface area contributed by atoms with E-state index in [9.17, 15) is 14.3 Å².